The molecule has 11 aromatic rings. The topological polar surface area (TPSA) is 16.4 Å². The van der Waals surface area contributed by atoms with Gasteiger partial charge in [0.05, 0.1) is 0 Å². The normalized spacial score (nSPS) is 11.6. The van der Waals surface area contributed by atoms with Crippen LogP contribution in [0.4, 0.5) is 17.1 Å². The van der Waals surface area contributed by atoms with Gasteiger partial charge in [-0.05, 0) is 99.3 Å². The van der Waals surface area contributed by atoms with Gasteiger partial charge < -0.3 is 9.32 Å². The highest BCUT2D eigenvalue weighted by atomic mass is 32.1. The number of anilines is 3. The van der Waals surface area contributed by atoms with Gasteiger partial charge in [0.1, 0.15) is 11.2 Å². The standard InChI is InChI=1S/C52H33NOS/c1-2-11-37-32-39(23-22-34(37)10-1)38-12-7-13-42(33-38)53(40-28-24-35(25-29-40)43-16-9-21-50-51(43)47-15-4-6-20-49(47)55-50)41-30-26-36(27-31-41)44-17-8-18-46-45-14-3-5-19-48(45)54-52(44)46/h1-33H. The molecule has 0 bridgehead atoms. The Morgan fingerprint density at radius 1 is 0.364 bits per heavy atom. The molecule has 0 radical (unpaired) electrons. The van der Waals surface area contributed by atoms with E-state index in [0.29, 0.717) is 0 Å². The minimum Gasteiger partial charge on any atom is -0.455 e. The van der Waals surface area contributed by atoms with E-state index in [0.717, 1.165) is 50.1 Å². The average molecular weight is 720 g/mol. The molecular weight excluding hydrogens is 687 g/mol. The smallest absolute Gasteiger partial charge is 0.143 e. The van der Waals surface area contributed by atoms with Crippen LogP contribution in [0.5, 0.6) is 0 Å². The second-order valence-electron chi connectivity index (χ2n) is 14.1. The summed E-state index contributed by atoms with van der Waals surface area (Å²) in [7, 11) is 0. The minimum atomic E-state index is 0.908. The van der Waals surface area contributed by atoms with Crippen LogP contribution >= 0.6 is 11.3 Å². The molecule has 0 aliphatic rings. The maximum atomic E-state index is 6.42. The molecule has 0 spiro atoms. The van der Waals surface area contributed by atoms with E-state index in [9.17, 15) is 0 Å². The third-order valence-electron chi connectivity index (χ3n) is 10.9. The predicted molar refractivity (Wildman–Crippen MR) is 235 cm³/mol. The van der Waals surface area contributed by atoms with Crippen molar-refractivity contribution in [3.05, 3.63) is 200 Å². The van der Waals surface area contributed by atoms with Gasteiger partial charge in [-0.2, -0.15) is 0 Å². The fourth-order valence-electron chi connectivity index (χ4n) is 8.21. The molecule has 2 heterocycles. The quantitative estimate of drug-likeness (QED) is 0.170. The molecule has 2 aromatic heterocycles. The molecule has 9 aromatic carbocycles. The maximum absolute atomic E-state index is 6.42. The Balaban J connectivity index is 1.03. The molecule has 0 saturated carbocycles. The summed E-state index contributed by atoms with van der Waals surface area (Å²) in [4.78, 5) is 2.36. The largest absolute Gasteiger partial charge is 0.455 e. The zero-order chi connectivity index (χ0) is 36.3. The van der Waals surface area contributed by atoms with Gasteiger partial charge in [-0.15, -0.1) is 11.3 Å². The minimum absolute atomic E-state index is 0.908. The lowest BCUT2D eigenvalue weighted by atomic mass is 9.98. The van der Waals surface area contributed by atoms with Crippen molar-refractivity contribution in [1.82, 2.24) is 0 Å². The monoisotopic (exact) mass is 719 g/mol. The van der Waals surface area contributed by atoms with Crippen LogP contribution in [-0.2, 0) is 0 Å². The van der Waals surface area contributed by atoms with Crippen LogP contribution in [-0.4, -0.2) is 0 Å². The molecule has 55 heavy (non-hydrogen) atoms. The number of nitrogens with zero attached hydrogens (tertiary/aromatic N) is 1. The highest BCUT2D eigenvalue weighted by Crippen LogP contribution is 2.43. The lowest BCUT2D eigenvalue weighted by Crippen LogP contribution is -2.10. The molecule has 11 rings (SSSR count). The number of benzene rings is 9. The zero-order valence-electron chi connectivity index (χ0n) is 29.8. The summed E-state index contributed by atoms with van der Waals surface area (Å²) in [6.07, 6.45) is 0. The van der Waals surface area contributed by atoms with Gasteiger partial charge in [-0.1, -0.05) is 140 Å². The summed E-state index contributed by atoms with van der Waals surface area (Å²) in [6, 6.07) is 72.2. The Labute approximate surface area is 322 Å². The van der Waals surface area contributed by atoms with E-state index in [2.05, 4.69) is 193 Å². The molecule has 3 heteroatoms. The Morgan fingerprint density at radius 3 is 1.80 bits per heavy atom. The number of hydrogen-bond acceptors (Lipinski definition) is 3. The van der Waals surface area contributed by atoms with Gasteiger partial charge in [0.15, 0.2) is 0 Å². The van der Waals surface area contributed by atoms with Crippen molar-refractivity contribution >= 4 is 81.3 Å². The third-order valence-corrected chi connectivity index (χ3v) is 12.0. The second-order valence-corrected chi connectivity index (χ2v) is 15.2. The molecule has 0 N–H and O–H groups in total. The van der Waals surface area contributed by atoms with Crippen molar-refractivity contribution in [2.75, 3.05) is 4.90 Å². The Morgan fingerprint density at radius 2 is 0.964 bits per heavy atom. The van der Waals surface area contributed by atoms with Crippen LogP contribution in [0.15, 0.2) is 205 Å². The lowest BCUT2D eigenvalue weighted by Gasteiger charge is -2.26. The highest BCUT2D eigenvalue weighted by Gasteiger charge is 2.17. The number of thiophene rings is 1. The van der Waals surface area contributed by atoms with Crippen molar-refractivity contribution < 1.29 is 4.42 Å². The van der Waals surface area contributed by atoms with E-state index in [-0.39, 0.29) is 0 Å². The Kier molecular flexibility index (Phi) is 7.39. The zero-order valence-corrected chi connectivity index (χ0v) is 30.6. The lowest BCUT2D eigenvalue weighted by molar-refractivity contribution is 0.670. The van der Waals surface area contributed by atoms with Crippen LogP contribution in [0.1, 0.15) is 0 Å². The SMILES string of the molecule is c1cc(-c2ccc3ccccc3c2)cc(N(c2ccc(-c3cccc4c3oc3ccccc34)cc2)c2ccc(-c3cccc4sc5ccccc5c34)cc2)c1. The van der Waals surface area contributed by atoms with Gasteiger partial charge in [-0.3, -0.25) is 0 Å². The summed E-state index contributed by atoms with van der Waals surface area (Å²) >= 11 is 1.86. The molecule has 0 unspecified atom stereocenters. The summed E-state index contributed by atoms with van der Waals surface area (Å²) in [6.45, 7) is 0. The number of para-hydroxylation sites is 2. The van der Waals surface area contributed by atoms with E-state index < -0.39 is 0 Å². The Hall–Kier alpha value is -6.94. The summed E-state index contributed by atoms with van der Waals surface area (Å²) in [5, 5.41) is 7.39. The van der Waals surface area contributed by atoms with E-state index >= 15 is 0 Å². The maximum Gasteiger partial charge on any atom is 0.143 e. The molecule has 258 valence electrons. The summed E-state index contributed by atoms with van der Waals surface area (Å²) in [5.74, 6) is 0. The molecule has 0 fully saturated rings. The van der Waals surface area contributed by atoms with E-state index in [1.54, 1.807) is 0 Å². The fourth-order valence-corrected chi connectivity index (χ4v) is 9.34. The van der Waals surface area contributed by atoms with Crippen molar-refractivity contribution in [2.45, 2.75) is 0 Å². The van der Waals surface area contributed by atoms with Gasteiger partial charge >= 0.3 is 0 Å². The first-order chi connectivity index (χ1) is 27.2. The van der Waals surface area contributed by atoms with Crippen molar-refractivity contribution in [3.8, 4) is 33.4 Å². The molecule has 0 atom stereocenters. The number of rotatable bonds is 6. The van der Waals surface area contributed by atoms with Crippen LogP contribution in [0.25, 0.3) is 86.3 Å². The van der Waals surface area contributed by atoms with Crippen LogP contribution in [0.2, 0.25) is 0 Å². The van der Waals surface area contributed by atoms with Crippen molar-refractivity contribution in [3.63, 3.8) is 0 Å². The van der Waals surface area contributed by atoms with Gasteiger partial charge in [0.25, 0.3) is 0 Å². The van der Waals surface area contributed by atoms with E-state index in [1.807, 2.05) is 23.5 Å². The summed E-state index contributed by atoms with van der Waals surface area (Å²) < 4.78 is 9.05. The number of fused-ring (bicyclic) bond motifs is 7. The predicted octanol–water partition coefficient (Wildman–Crippen LogP) is 15.6. The fraction of sp³-hybridized carbons (Fsp3) is 0. The van der Waals surface area contributed by atoms with Gasteiger partial charge in [-0.25, -0.2) is 0 Å². The van der Waals surface area contributed by atoms with E-state index in [1.165, 1.54) is 53.2 Å². The average Bonchev–Trinajstić information content (AvgIpc) is 3.83. The van der Waals surface area contributed by atoms with Crippen molar-refractivity contribution in [1.29, 1.82) is 0 Å². The first-order valence-electron chi connectivity index (χ1n) is 18.7. The van der Waals surface area contributed by atoms with Gasteiger partial charge in [0, 0.05) is 53.6 Å². The molecule has 0 aliphatic carbocycles. The first kappa shape index (κ1) is 31.6. The third kappa shape index (κ3) is 5.40. The molecule has 0 saturated heterocycles. The summed E-state index contributed by atoms with van der Waals surface area (Å²) in [5.41, 5.74) is 12.1. The molecular formula is C52H33NOS. The number of hydrogen-bond donors (Lipinski definition) is 0. The Bertz CT molecular complexity index is 3210. The van der Waals surface area contributed by atoms with Crippen LogP contribution < -0.4 is 4.90 Å². The van der Waals surface area contributed by atoms with Crippen LogP contribution in [0.3, 0.4) is 0 Å². The van der Waals surface area contributed by atoms with E-state index in [4.69, 9.17) is 4.42 Å². The van der Waals surface area contributed by atoms with Crippen LogP contribution in [0, 0.1) is 0 Å². The highest BCUT2D eigenvalue weighted by molar-refractivity contribution is 7.25. The van der Waals surface area contributed by atoms with Gasteiger partial charge in [0.2, 0.25) is 0 Å². The molecule has 0 amide bonds. The molecule has 0 aliphatic heterocycles. The van der Waals surface area contributed by atoms with Crippen molar-refractivity contribution in [2.24, 2.45) is 0 Å². The second kappa shape index (κ2) is 12.9. The molecule has 2 nitrogen and oxygen atoms in total. The first-order valence-corrected chi connectivity index (χ1v) is 19.5. The number of furan rings is 1.